The summed E-state index contributed by atoms with van der Waals surface area (Å²) >= 11 is 0. The molecule has 0 atom stereocenters. The van der Waals surface area contributed by atoms with Crippen molar-refractivity contribution in [3.63, 3.8) is 0 Å². The summed E-state index contributed by atoms with van der Waals surface area (Å²) in [5.41, 5.74) is 6.30. The van der Waals surface area contributed by atoms with Crippen molar-refractivity contribution in [3.8, 4) is 11.4 Å². The highest BCUT2D eigenvalue weighted by molar-refractivity contribution is 5.96. The fourth-order valence-corrected chi connectivity index (χ4v) is 1.69. The topological polar surface area (TPSA) is 85.3 Å². The molecular weight excluding hydrogens is 232 g/mol. The molecule has 1 aromatic carbocycles. The van der Waals surface area contributed by atoms with Crippen molar-refractivity contribution in [2.75, 3.05) is 5.73 Å². The van der Waals surface area contributed by atoms with E-state index in [1.54, 1.807) is 24.3 Å². The highest BCUT2D eigenvalue weighted by Gasteiger charge is 2.11. The van der Waals surface area contributed by atoms with E-state index in [2.05, 4.69) is 0 Å². The molecule has 2 rings (SSSR count). The number of carbonyl (C=O) groups excluding carboxylic acids is 1. The Morgan fingerprint density at radius 1 is 1.33 bits per heavy atom. The van der Waals surface area contributed by atoms with Crippen molar-refractivity contribution in [2.24, 2.45) is 0 Å². The molecule has 5 nitrogen and oxygen atoms in total. The second kappa shape index (κ2) is 4.37. The summed E-state index contributed by atoms with van der Waals surface area (Å²) in [7, 11) is 0. The smallest absolute Gasteiger partial charge is 0.258 e. The minimum Gasteiger partial charge on any atom is -0.507 e. The van der Waals surface area contributed by atoms with E-state index >= 15 is 0 Å². The number of anilines is 1. The van der Waals surface area contributed by atoms with Gasteiger partial charge in [-0.2, -0.15) is 0 Å². The zero-order chi connectivity index (χ0) is 13.3. The molecule has 0 fully saturated rings. The number of nitrogens with zero attached hydrogens (tertiary/aromatic N) is 1. The van der Waals surface area contributed by atoms with Crippen LogP contribution in [0.1, 0.15) is 17.3 Å². The molecule has 92 valence electrons. The van der Waals surface area contributed by atoms with Crippen LogP contribution in [-0.4, -0.2) is 15.5 Å². The number of ketones is 1. The minimum absolute atomic E-state index is 0.0813. The Hall–Kier alpha value is -2.56. The van der Waals surface area contributed by atoms with Crippen LogP contribution in [0.25, 0.3) is 5.69 Å². The molecule has 0 aliphatic heterocycles. The number of hydrogen-bond acceptors (Lipinski definition) is 4. The molecule has 0 unspecified atom stereocenters. The van der Waals surface area contributed by atoms with Crippen molar-refractivity contribution in [1.82, 2.24) is 4.57 Å². The van der Waals surface area contributed by atoms with Gasteiger partial charge in [-0.05, 0) is 19.1 Å². The van der Waals surface area contributed by atoms with Crippen molar-refractivity contribution >= 4 is 11.5 Å². The monoisotopic (exact) mass is 244 g/mol. The van der Waals surface area contributed by atoms with Gasteiger partial charge in [-0.3, -0.25) is 14.2 Å². The minimum atomic E-state index is -0.449. The van der Waals surface area contributed by atoms with Crippen molar-refractivity contribution in [2.45, 2.75) is 6.92 Å². The van der Waals surface area contributed by atoms with Gasteiger partial charge in [-0.25, -0.2) is 0 Å². The first-order valence-corrected chi connectivity index (χ1v) is 5.32. The number of rotatable bonds is 2. The first-order valence-electron chi connectivity index (χ1n) is 5.32. The number of carbonyl (C=O) groups is 1. The lowest BCUT2D eigenvalue weighted by Crippen LogP contribution is -2.19. The fraction of sp³-hybridized carbons (Fsp3) is 0.0769. The van der Waals surface area contributed by atoms with E-state index < -0.39 is 5.56 Å². The molecule has 1 aromatic heterocycles. The van der Waals surface area contributed by atoms with Crippen LogP contribution >= 0.6 is 0 Å². The third kappa shape index (κ3) is 1.98. The number of nitrogens with two attached hydrogens (primary N) is 1. The number of benzene rings is 1. The van der Waals surface area contributed by atoms with E-state index in [0.29, 0.717) is 11.4 Å². The van der Waals surface area contributed by atoms with E-state index in [0.717, 1.165) is 6.07 Å². The summed E-state index contributed by atoms with van der Waals surface area (Å²) in [6, 6.07) is 7.80. The number of Topliss-reactive ketones (excluding diaryl/α,β-unsaturated/α-hetero) is 1. The van der Waals surface area contributed by atoms with Gasteiger partial charge in [0.1, 0.15) is 5.75 Å². The van der Waals surface area contributed by atoms with E-state index in [-0.39, 0.29) is 17.1 Å². The van der Waals surface area contributed by atoms with Crippen LogP contribution in [0.4, 0.5) is 5.69 Å². The van der Waals surface area contributed by atoms with Gasteiger partial charge in [0.05, 0.1) is 16.9 Å². The first-order chi connectivity index (χ1) is 8.50. The second-order valence-corrected chi connectivity index (χ2v) is 3.90. The van der Waals surface area contributed by atoms with Crippen LogP contribution in [0.2, 0.25) is 0 Å². The normalized spacial score (nSPS) is 10.3. The van der Waals surface area contributed by atoms with Gasteiger partial charge in [0.2, 0.25) is 0 Å². The van der Waals surface area contributed by atoms with Gasteiger partial charge in [-0.1, -0.05) is 12.1 Å². The number of aromatic hydroxyl groups is 1. The maximum atomic E-state index is 11.8. The Bertz CT molecular complexity index is 674. The van der Waals surface area contributed by atoms with Gasteiger partial charge in [0.15, 0.2) is 5.78 Å². The average Bonchev–Trinajstić information content (AvgIpc) is 2.30. The first kappa shape index (κ1) is 11.9. The summed E-state index contributed by atoms with van der Waals surface area (Å²) in [5, 5.41) is 9.54. The van der Waals surface area contributed by atoms with Crippen LogP contribution in [0, 0.1) is 0 Å². The Morgan fingerprint density at radius 2 is 2.00 bits per heavy atom. The predicted octanol–water partition coefficient (Wildman–Crippen LogP) is 1.33. The molecule has 0 radical (unpaired) electrons. The Morgan fingerprint density at radius 3 is 2.61 bits per heavy atom. The van der Waals surface area contributed by atoms with Gasteiger partial charge >= 0.3 is 0 Å². The molecular formula is C13H12N2O3. The molecule has 0 amide bonds. The Labute approximate surface area is 103 Å². The standard InChI is InChI=1S/C13H12N2O3/c1-8(16)9-7-15(13(18)6-12(9)17)11-5-3-2-4-10(11)14/h2-7,17H,14H2,1H3. The van der Waals surface area contributed by atoms with Gasteiger partial charge < -0.3 is 10.8 Å². The largest absolute Gasteiger partial charge is 0.507 e. The lowest BCUT2D eigenvalue weighted by Gasteiger charge is -2.10. The number of pyridine rings is 1. The summed E-state index contributed by atoms with van der Waals surface area (Å²) in [6.07, 6.45) is 1.30. The molecule has 0 saturated carbocycles. The van der Waals surface area contributed by atoms with Crippen molar-refractivity contribution in [3.05, 3.63) is 52.4 Å². The molecule has 1 heterocycles. The molecule has 0 spiro atoms. The summed E-state index contributed by atoms with van der Waals surface area (Å²) in [6.45, 7) is 1.32. The highest BCUT2D eigenvalue weighted by atomic mass is 16.3. The molecule has 2 aromatic rings. The number of hydrogen-bond donors (Lipinski definition) is 2. The van der Waals surface area contributed by atoms with Crippen molar-refractivity contribution in [1.29, 1.82) is 0 Å². The molecule has 0 saturated heterocycles. The van der Waals surface area contributed by atoms with Crippen LogP contribution < -0.4 is 11.3 Å². The zero-order valence-electron chi connectivity index (χ0n) is 9.75. The van der Waals surface area contributed by atoms with Gasteiger partial charge in [0, 0.05) is 12.3 Å². The third-order valence-corrected chi connectivity index (χ3v) is 2.61. The molecule has 5 heteroatoms. The van der Waals surface area contributed by atoms with Crippen LogP contribution in [0.15, 0.2) is 41.3 Å². The Balaban J connectivity index is 2.73. The fourth-order valence-electron chi connectivity index (χ4n) is 1.69. The van der Waals surface area contributed by atoms with Crippen molar-refractivity contribution < 1.29 is 9.90 Å². The molecule has 3 N–H and O–H groups in total. The lowest BCUT2D eigenvalue weighted by molar-refractivity contribution is 0.101. The number of aromatic nitrogens is 1. The molecule has 18 heavy (non-hydrogen) atoms. The maximum Gasteiger partial charge on any atom is 0.258 e. The van der Waals surface area contributed by atoms with E-state index in [1.165, 1.54) is 17.7 Å². The molecule has 0 aliphatic rings. The second-order valence-electron chi connectivity index (χ2n) is 3.90. The molecule has 0 aliphatic carbocycles. The van der Waals surface area contributed by atoms with Gasteiger partial charge in [-0.15, -0.1) is 0 Å². The summed E-state index contributed by atoms with van der Waals surface area (Å²) < 4.78 is 1.24. The lowest BCUT2D eigenvalue weighted by atomic mass is 10.2. The van der Waals surface area contributed by atoms with Crippen LogP contribution in [0.5, 0.6) is 5.75 Å². The quantitative estimate of drug-likeness (QED) is 0.616. The van der Waals surface area contributed by atoms with E-state index in [4.69, 9.17) is 5.73 Å². The predicted molar refractivity (Wildman–Crippen MR) is 68.1 cm³/mol. The highest BCUT2D eigenvalue weighted by Crippen LogP contribution is 2.19. The number of nitrogen functional groups attached to an aromatic ring is 1. The SMILES string of the molecule is CC(=O)c1cn(-c2ccccc2N)c(=O)cc1O. The van der Waals surface area contributed by atoms with Crippen LogP contribution in [-0.2, 0) is 0 Å². The van der Waals surface area contributed by atoms with Crippen LogP contribution in [0.3, 0.4) is 0 Å². The Kier molecular flexibility index (Phi) is 2.89. The van der Waals surface area contributed by atoms with Gasteiger partial charge in [0.25, 0.3) is 5.56 Å². The zero-order valence-corrected chi connectivity index (χ0v) is 9.75. The van der Waals surface area contributed by atoms with E-state index in [9.17, 15) is 14.7 Å². The summed E-state index contributed by atoms with van der Waals surface area (Å²) in [5.74, 6) is -0.644. The maximum absolute atomic E-state index is 11.8. The third-order valence-electron chi connectivity index (χ3n) is 2.61. The number of para-hydroxylation sites is 2. The summed E-state index contributed by atoms with van der Waals surface area (Å²) in [4.78, 5) is 23.1. The molecule has 0 bridgehead atoms. The average molecular weight is 244 g/mol. The van der Waals surface area contributed by atoms with E-state index in [1.807, 2.05) is 0 Å².